The molecule has 0 spiro atoms. The van der Waals surface area contributed by atoms with Gasteiger partial charge in [0.15, 0.2) is 9.84 Å². The Labute approximate surface area is 119 Å². The molecular formula is C13H22O6S. The Morgan fingerprint density at radius 1 is 1.30 bits per heavy atom. The summed E-state index contributed by atoms with van der Waals surface area (Å²) in [6.07, 6.45) is 2.99. The zero-order valence-corrected chi connectivity index (χ0v) is 12.8. The SMILES string of the molecule is CCCCOCC1(S(=O)(=O)C2(C(=O)OC)COC2)CC1. The highest BCUT2D eigenvalue weighted by Crippen LogP contribution is 2.50. The smallest absolute Gasteiger partial charge is 0.332 e. The van der Waals surface area contributed by atoms with Gasteiger partial charge in [-0.15, -0.1) is 0 Å². The van der Waals surface area contributed by atoms with Gasteiger partial charge in [0.1, 0.15) is 0 Å². The predicted octanol–water partition coefficient (Wildman–Crippen LogP) is 0.692. The molecule has 116 valence electrons. The molecule has 1 heterocycles. The zero-order valence-electron chi connectivity index (χ0n) is 12.0. The number of carbonyl (C=O) groups is 1. The first-order valence-electron chi connectivity index (χ1n) is 6.94. The van der Waals surface area contributed by atoms with Crippen LogP contribution in [-0.2, 0) is 28.8 Å². The van der Waals surface area contributed by atoms with Crippen molar-refractivity contribution in [1.82, 2.24) is 0 Å². The Morgan fingerprint density at radius 2 is 1.95 bits per heavy atom. The van der Waals surface area contributed by atoms with Gasteiger partial charge in [-0.05, 0) is 19.3 Å². The summed E-state index contributed by atoms with van der Waals surface area (Å²) in [4.78, 5) is 11.9. The third-order valence-corrected chi connectivity index (χ3v) is 7.22. The lowest BCUT2D eigenvalue weighted by Gasteiger charge is -2.40. The molecule has 0 atom stereocenters. The first-order chi connectivity index (χ1) is 9.46. The summed E-state index contributed by atoms with van der Waals surface area (Å²) in [7, 11) is -2.47. The summed E-state index contributed by atoms with van der Waals surface area (Å²) in [6, 6.07) is 0. The lowest BCUT2D eigenvalue weighted by Crippen LogP contribution is -2.65. The summed E-state index contributed by atoms with van der Waals surface area (Å²) in [6.45, 7) is 2.53. The van der Waals surface area contributed by atoms with E-state index in [1.165, 1.54) is 7.11 Å². The zero-order chi connectivity index (χ0) is 14.9. The van der Waals surface area contributed by atoms with E-state index in [9.17, 15) is 13.2 Å². The van der Waals surface area contributed by atoms with Crippen molar-refractivity contribution in [2.75, 3.05) is 33.5 Å². The van der Waals surface area contributed by atoms with Crippen molar-refractivity contribution < 1.29 is 27.4 Å². The Kier molecular flexibility index (Phi) is 4.41. The maximum atomic E-state index is 12.8. The summed E-state index contributed by atoms with van der Waals surface area (Å²) in [5, 5.41) is 0. The van der Waals surface area contributed by atoms with Gasteiger partial charge in [-0.3, -0.25) is 4.79 Å². The summed E-state index contributed by atoms with van der Waals surface area (Å²) in [5.74, 6) is -0.719. The number of rotatable bonds is 8. The molecule has 0 N–H and O–H groups in total. The van der Waals surface area contributed by atoms with E-state index < -0.39 is 25.3 Å². The van der Waals surface area contributed by atoms with Crippen molar-refractivity contribution in [3.8, 4) is 0 Å². The van der Waals surface area contributed by atoms with Gasteiger partial charge in [0.05, 0.1) is 31.7 Å². The second kappa shape index (κ2) is 5.61. The molecule has 0 aromatic heterocycles. The standard InChI is InChI=1S/C13H22O6S/c1-3-4-7-18-8-12(5-6-12)20(15,16)13(9-19-10-13)11(14)17-2/h3-10H2,1-2H3. The number of unbranched alkanes of at least 4 members (excludes halogenated alkanes) is 1. The molecule has 0 aromatic rings. The quantitative estimate of drug-likeness (QED) is 0.485. The maximum absolute atomic E-state index is 12.8. The van der Waals surface area contributed by atoms with Crippen LogP contribution in [0.3, 0.4) is 0 Å². The van der Waals surface area contributed by atoms with Crippen LogP contribution in [0.2, 0.25) is 0 Å². The maximum Gasteiger partial charge on any atom is 0.332 e. The van der Waals surface area contributed by atoms with Gasteiger partial charge in [-0.25, -0.2) is 8.42 Å². The minimum atomic E-state index is -3.68. The van der Waals surface area contributed by atoms with Crippen molar-refractivity contribution in [3.63, 3.8) is 0 Å². The Hall–Kier alpha value is -0.660. The normalized spacial score (nSPS) is 22.9. The monoisotopic (exact) mass is 306 g/mol. The van der Waals surface area contributed by atoms with E-state index in [0.29, 0.717) is 19.4 Å². The minimum absolute atomic E-state index is 0.112. The Morgan fingerprint density at radius 3 is 2.35 bits per heavy atom. The van der Waals surface area contributed by atoms with Crippen LogP contribution in [0.15, 0.2) is 0 Å². The Balaban J connectivity index is 2.11. The van der Waals surface area contributed by atoms with Crippen molar-refractivity contribution in [1.29, 1.82) is 0 Å². The van der Waals surface area contributed by atoms with Gasteiger partial charge in [-0.1, -0.05) is 13.3 Å². The van der Waals surface area contributed by atoms with E-state index >= 15 is 0 Å². The molecule has 0 unspecified atom stereocenters. The third-order valence-electron chi connectivity index (χ3n) is 4.13. The van der Waals surface area contributed by atoms with Crippen LogP contribution in [0.1, 0.15) is 32.6 Å². The van der Waals surface area contributed by atoms with E-state index in [2.05, 4.69) is 4.74 Å². The van der Waals surface area contributed by atoms with E-state index in [1.54, 1.807) is 0 Å². The molecule has 6 nitrogen and oxygen atoms in total. The van der Waals surface area contributed by atoms with Gasteiger partial charge in [0, 0.05) is 6.61 Å². The fourth-order valence-electron chi connectivity index (χ4n) is 2.41. The average molecular weight is 306 g/mol. The van der Waals surface area contributed by atoms with Crippen molar-refractivity contribution >= 4 is 15.8 Å². The van der Waals surface area contributed by atoms with E-state index in [4.69, 9.17) is 9.47 Å². The molecule has 1 saturated carbocycles. The first-order valence-corrected chi connectivity index (χ1v) is 8.42. The summed E-state index contributed by atoms with van der Waals surface area (Å²) < 4.78 is 38.4. The third kappa shape index (κ3) is 2.25. The number of esters is 1. The topological polar surface area (TPSA) is 78.9 Å². The molecule has 0 radical (unpaired) electrons. The molecular weight excluding hydrogens is 284 g/mol. The molecule has 1 saturated heterocycles. The molecule has 1 aliphatic carbocycles. The van der Waals surface area contributed by atoms with Gasteiger partial charge in [-0.2, -0.15) is 0 Å². The molecule has 2 aliphatic rings. The highest BCUT2D eigenvalue weighted by molar-refractivity contribution is 7.95. The molecule has 0 amide bonds. The van der Waals surface area contributed by atoms with Crippen LogP contribution in [0.5, 0.6) is 0 Å². The van der Waals surface area contributed by atoms with Gasteiger partial charge in [0.2, 0.25) is 4.75 Å². The van der Waals surface area contributed by atoms with E-state index in [0.717, 1.165) is 12.8 Å². The average Bonchev–Trinajstić information content (AvgIpc) is 3.14. The second-order valence-corrected chi connectivity index (χ2v) is 8.23. The number of ether oxygens (including phenoxy) is 3. The number of carbonyl (C=O) groups excluding carboxylic acids is 1. The molecule has 2 fully saturated rings. The highest BCUT2D eigenvalue weighted by atomic mass is 32.2. The van der Waals surface area contributed by atoms with E-state index in [1.807, 2.05) is 6.92 Å². The number of hydrogen-bond acceptors (Lipinski definition) is 6. The fourth-order valence-corrected chi connectivity index (χ4v) is 4.89. The second-order valence-electron chi connectivity index (χ2n) is 5.57. The number of sulfone groups is 1. The molecule has 20 heavy (non-hydrogen) atoms. The van der Waals surface area contributed by atoms with E-state index in [-0.39, 0.29) is 19.8 Å². The lowest BCUT2D eigenvalue weighted by atomic mass is 10.1. The molecule has 1 aliphatic heterocycles. The van der Waals surface area contributed by atoms with Crippen LogP contribution in [-0.4, -0.2) is 57.4 Å². The number of methoxy groups -OCH3 is 1. The number of hydrogen-bond donors (Lipinski definition) is 0. The lowest BCUT2D eigenvalue weighted by molar-refractivity contribution is -0.156. The molecule has 0 aromatic carbocycles. The predicted molar refractivity (Wildman–Crippen MR) is 72.2 cm³/mol. The van der Waals surface area contributed by atoms with Crippen LogP contribution in [0.4, 0.5) is 0 Å². The Bertz CT molecular complexity index is 461. The van der Waals surface area contributed by atoms with Crippen LogP contribution < -0.4 is 0 Å². The first kappa shape index (κ1) is 15.7. The van der Waals surface area contributed by atoms with Gasteiger partial charge >= 0.3 is 5.97 Å². The minimum Gasteiger partial charge on any atom is -0.468 e. The molecule has 2 rings (SSSR count). The van der Waals surface area contributed by atoms with Gasteiger partial charge in [0.25, 0.3) is 0 Å². The largest absolute Gasteiger partial charge is 0.468 e. The van der Waals surface area contributed by atoms with Crippen molar-refractivity contribution in [2.45, 2.75) is 42.1 Å². The fraction of sp³-hybridized carbons (Fsp3) is 0.923. The van der Waals surface area contributed by atoms with Gasteiger partial charge < -0.3 is 14.2 Å². The summed E-state index contributed by atoms with van der Waals surface area (Å²) >= 11 is 0. The van der Waals surface area contributed by atoms with Crippen LogP contribution >= 0.6 is 0 Å². The molecule has 7 heteroatoms. The van der Waals surface area contributed by atoms with Crippen molar-refractivity contribution in [2.24, 2.45) is 0 Å². The molecule has 0 bridgehead atoms. The summed E-state index contributed by atoms with van der Waals surface area (Å²) in [5.41, 5.74) is 0. The highest BCUT2D eigenvalue weighted by Gasteiger charge is 2.69. The van der Waals surface area contributed by atoms with Crippen LogP contribution in [0.25, 0.3) is 0 Å². The van der Waals surface area contributed by atoms with Crippen molar-refractivity contribution in [3.05, 3.63) is 0 Å². The van der Waals surface area contributed by atoms with Crippen LogP contribution in [0, 0.1) is 0 Å².